The molecule has 0 unspecified atom stereocenters. The second-order valence-electron chi connectivity index (χ2n) is 4.78. The number of halogens is 1. The number of carbonyl (C=O) groups is 1. The van der Waals surface area contributed by atoms with E-state index in [0.717, 1.165) is 24.0 Å². The van der Waals surface area contributed by atoms with E-state index < -0.39 is 5.97 Å². The Morgan fingerprint density at radius 1 is 1.28 bits per heavy atom. The Hall–Kier alpha value is -1.28. The summed E-state index contributed by atoms with van der Waals surface area (Å²) in [5.41, 5.74) is 1.86. The maximum atomic E-state index is 11.0. The molecule has 1 fully saturated rings. The van der Waals surface area contributed by atoms with Crippen LogP contribution in [0.15, 0.2) is 30.3 Å². The predicted octanol–water partition coefficient (Wildman–Crippen LogP) is 4.39. The molecule has 1 aliphatic carbocycles. The van der Waals surface area contributed by atoms with Crippen molar-refractivity contribution in [2.24, 2.45) is 5.92 Å². The van der Waals surface area contributed by atoms with Crippen molar-refractivity contribution in [2.45, 2.75) is 32.1 Å². The van der Waals surface area contributed by atoms with Crippen LogP contribution in [0.4, 0.5) is 0 Å². The normalized spacial score (nSPS) is 17.7. The minimum atomic E-state index is -0.879. The van der Waals surface area contributed by atoms with Gasteiger partial charge in [0.2, 0.25) is 0 Å². The van der Waals surface area contributed by atoms with Gasteiger partial charge in [0.05, 0.1) is 0 Å². The van der Waals surface area contributed by atoms with Crippen LogP contribution in [0, 0.1) is 5.92 Å². The molecule has 1 aliphatic rings. The molecule has 18 heavy (non-hydrogen) atoms. The van der Waals surface area contributed by atoms with E-state index in [-0.39, 0.29) is 0 Å². The number of rotatable bonds is 3. The second kappa shape index (κ2) is 6.05. The van der Waals surface area contributed by atoms with E-state index in [9.17, 15) is 4.79 Å². The summed E-state index contributed by atoms with van der Waals surface area (Å²) in [6, 6.07) is 7.47. The van der Waals surface area contributed by atoms with Gasteiger partial charge < -0.3 is 5.11 Å². The van der Waals surface area contributed by atoms with Gasteiger partial charge in [0.15, 0.2) is 0 Å². The van der Waals surface area contributed by atoms with Crippen molar-refractivity contribution in [3.05, 3.63) is 40.9 Å². The highest BCUT2D eigenvalue weighted by Gasteiger charge is 2.20. The quantitative estimate of drug-likeness (QED) is 0.822. The summed E-state index contributed by atoms with van der Waals surface area (Å²) in [6.45, 7) is 0. The average molecular weight is 265 g/mol. The van der Waals surface area contributed by atoms with E-state index in [0.29, 0.717) is 10.9 Å². The fourth-order valence-electron chi connectivity index (χ4n) is 2.65. The van der Waals surface area contributed by atoms with Gasteiger partial charge in [-0.05, 0) is 42.0 Å². The van der Waals surface area contributed by atoms with Gasteiger partial charge >= 0.3 is 5.97 Å². The number of aliphatic carboxylic acids is 1. The smallest absolute Gasteiger partial charge is 0.328 e. The van der Waals surface area contributed by atoms with Crippen LogP contribution in [0.3, 0.4) is 0 Å². The van der Waals surface area contributed by atoms with Crippen LogP contribution in [0.1, 0.15) is 37.7 Å². The average Bonchev–Trinajstić information content (AvgIpc) is 2.37. The predicted molar refractivity (Wildman–Crippen MR) is 73.6 cm³/mol. The third kappa shape index (κ3) is 3.36. The Balaban J connectivity index is 2.33. The molecule has 0 saturated heterocycles. The van der Waals surface area contributed by atoms with Gasteiger partial charge in [-0.15, -0.1) is 0 Å². The van der Waals surface area contributed by atoms with E-state index in [1.165, 1.54) is 25.3 Å². The first-order valence-corrected chi connectivity index (χ1v) is 6.75. The molecule has 1 saturated carbocycles. The SMILES string of the molecule is O=C(O)/C=C(/c1cccc(Cl)c1)C1CCCCC1. The summed E-state index contributed by atoms with van der Waals surface area (Å²) < 4.78 is 0. The summed E-state index contributed by atoms with van der Waals surface area (Å²) in [4.78, 5) is 11.0. The molecule has 2 nitrogen and oxygen atoms in total. The Kier molecular flexibility index (Phi) is 4.43. The number of allylic oxidation sites excluding steroid dienone is 1. The largest absolute Gasteiger partial charge is 0.478 e. The highest BCUT2D eigenvalue weighted by molar-refractivity contribution is 6.30. The highest BCUT2D eigenvalue weighted by atomic mass is 35.5. The lowest BCUT2D eigenvalue weighted by Gasteiger charge is -2.24. The molecule has 0 radical (unpaired) electrons. The fourth-order valence-corrected chi connectivity index (χ4v) is 2.84. The molecule has 0 heterocycles. The van der Waals surface area contributed by atoms with Crippen LogP contribution in [-0.4, -0.2) is 11.1 Å². The molecular weight excluding hydrogens is 248 g/mol. The van der Waals surface area contributed by atoms with E-state index in [1.807, 2.05) is 24.3 Å². The first kappa shape index (κ1) is 13.2. The van der Waals surface area contributed by atoms with Gasteiger partial charge in [0, 0.05) is 11.1 Å². The van der Waals surface area contributed by atoms with Gasteiger partial charge in [-0.2, -0.15) is 0 Å². The molecule has 0 atom stereocenters. The topological polar surface area (TPSA) is 37.3 Å². The minimum absolute atomic E-state index is 0.355. The molecule has 0 aromatic heterocycles. The summed E-state index contributed by atoms with van der Waals surface area (Å²) in [7, 11) is 0. The number of hydrogen-bond donors (Lipinski definition) is 1. The molecule has 0 aliphatic heterocycles. The summed E-state index contributed by atoms with van der Waals surface area (Å²) in [6.07, 6.45) is 7.12. The van der Waals surface area contributed by atoms with Gasteiger partial charge in [0.1, 0.15) is 0 Å². The molecule has 0 bridgehead atoms. The summed E-state index contributed by atoms with van der Waals surface area (Å²) in [5.74, 6) is -0.524. The monoisotopic (exact) mass is 264 g/mol. The zero-order chi connectivity index (χ0) is 13.0. The maximum absolute atomic E-state index is 11.0. The molecule has 1 aromatic rings. The highest BCUT2D eigenvalue weighted by Crippen LogP contribution is 2.35. The van der Waals surface area contributed by atoms with E-state index in [2.05, 4.69) is 0 Å². The number of carboxylic acids is 1. The van der Waals surface area contributed by atoms with Gasteiger partial charge in [-0.25, -0.2) is 4.79 Å². The van der Waals surface area contributed by atoms with Crippen molar-refractivity contribution in [1.29, 1.82) is 0 Å². The summed E-state index contributed by atoms with van der Waals surface area (Å²) >= 11 is 5.99. The zero-order valence-corrected chi connectivity index (χ0v) is 11.0. The van der Waals surface area contributed by atoms with Gasteiger partial charge in [0.25, 0.3) is 0 Å². The molecule has 0 spiro atoms. The van der Waals surface area contributed by atoms with Crippen LogP contribution in [0.2, 0.25) is 5.02 Å². The van der Waals surface area contributed by atoms with Crippen LogP contribution in [0.25, 0.3) is 5.57 Å². The molecule has 96 valence electrons. The van der Waals surface area contributed by atoms with Crippen molar-refractivity contribution in [3.8, 4) is 0 Å². The maximum Gasteiger partial charge on any atom is 0.328 e. The lowest BCUT2D eigenvalue weighted by Crippen LogP contribution is -2.10. The molecule has 1 aromatic carbocycles. The van der Waals surface area contributed by atoms with Crippen LogP contribution in [0.5, 0.6) is 0 Å². The van der Waals surface area contributed by atoms with Crippen LogP contribution in [-0.2, 0) is 4.79 Å². The van der Waals surface area contributed by atoms with Crippen molar-refractivity contribution in [1.82, 2.24) is 0 Å². The Labute approximate surface area is 112 Å². The first-order valence-electron chi connectivity index (χ1n) is 6.37. The van der Waals surface area contributed by atoms with Gasteiger partial charge in [-0.1, -0.05) is 43.0 Å². The Bertz CT molecular complexity index is 459. The summed E-state index contributed by atoms with van der Waals surface area (Å²) in [5, 5.41) is 9.69. The number of carboxylic acid groups (broad SMARTS) is 1. The van der Waals surface area contributed by atoms with Crippen LogP contribution < -0.4 is 0 Å². The van der Waals surface area contributed by atoms with Crippen molar-refractivity contribution in [3.63, 3.8) is 0 Å². The molecule has 1 N–H and O–H groups in total. The zero-order valence-electron chi connectivity index (χ0n) is 10.2. The van der Waals surface area contributed by atoms with Crippen molar-refractivity contribution < 1.29 is 9.90 Å². The van der Waals surface area contributed by atoms with E-state index >= 15 is 0 Å². The fraction of sp³-hybridized carbons (Fsp3) is 0.400. The minimum Gasteiger partial charge on any atom is -0.478 e. The van der Waals surface area contributed by atoms with Gasteiger partial charge in [-0.3, -0.25) is 0 Å². The Morgan fingerprint density at radius 2 is 2.00 bits per heavy atom. The third-order valence-electron chi connectivity index (χ3n) is 3.48. The van der Waals surface area contributed by atoms with E-state index in [1.54, 1.807) is 0 Å². The standard InChI is InChI=1S/C15H17ClO2/c16-13-8-4-7-12(9-13)14(10-15(17)18)11-5-2-1-3-6-11/h4,7-11H,1-3,5-6H2,(H,17,18)/b14-10+. The lowest BCUT2D eigenvalue weighted by atomic mass is 9.81. The third-order valence-corrected chi connectivity index (χ3v) is 3.72. The Morgan fingerprint density at radius 3 is 2.61 bits per heavy atom. The molecule has 0 amide bonds. The molecule has 2 rings (SSSR count). The lowest BCUT2D eigenvalue weighted by molar-refractivity contribution is -0.131. The van der Waals surface area contributed by atoms with Crippen LogP contribution >= 0.6 is 11.6 Å². The second-order valence-corrected chi connectivity index (χ2v) is 5.22. The number of hydrogen-bond acceptors (Lipinski definition) is 1. The molecular formula is C15H17ClO2. The molecule has 3 heteroatoms. The number of benzene rings is 1. The van der Waals surface area contributed by atoms with Crippen molar-refractivity contribution in [2.75, 3.05) is 0 Å². The van der Waals surface area contributed by atoms with Crippen molar-refractivity contribution >= 4 is 23.1 Å². The van der Waals surface area contributed by atoms with E-state index in [4.69, 9.17) is 16.7 Å². The first-order chi connectivity index (χ1) is 8.66.